The summed E-state index contributed by atoms with van der Waals surface area (Å²) in [5.74, 6) is 1.50. The lowest BCUT2D eigenvalue weighted by Gasteiger charge is -2.08. The van der Waals surface area contributed by atoms with E-state index >= 15 is 0 Å². The van der Waals surface area contributed by atoms with E-state index in [9.17, 15) is 4.79 Å². The van der Waals surface area contributed by atoms with Gasteiger partial charge < -0.3 is 15.0 Å². The lowest BCUT2D eigenvalue weighted by Crippen LogP contribution is -2.24. The largest absolute Gasteiger partial charge is 0.497 e. The van der Waals surface area contributed by atoms with Crippen molar-refractivity contribution < 1.29 is 9.53 Å². The van der Waals surface area contributed by atoms with Gasteiger partial charge in [0, 0.05) is 29.2 Å². The van der Waals surface area contributed by atoms with Crippen molar-refractivity contribution in [1.82, 2.24) is 24.9 Å². The maximum atomic E-state index is 12.6. The fourth-order valence-corrected chi connectivity index (χ4v) is 3.98. The number of hydrogen-bond acceptors (Lipinski definition) is 4. The fourth-order valence-electron chi connectivity index (χ4n) is 3.98. The number of pyridine rings is 1. The standard InChI is InChI=1S/C25H23N5O2/c1-32-18-11-9-17(10-12-18)25-20(19-6-2-3-7-21(19)27-25)13-14-24(31)26-16-23-29-28-22-8-4-5-15-30(22)23/h2-12,15,27H,13-14,16H2,1H3,(H,26,31). The van der Waals surface area contributed by atoms with Crippen molar-refractivity contribution in [3.05, 3.63) is 84.3 Å². The maximum Gasteiger partial charge on any atom is 0.220 e. The molecule has 5 rings (SSSR count). The highest BCUT2D eigenvalue weighted by molar-refractivity contribution is 5.91. The minimum Gasteiger partial charge on any atom is -0.497 e. The van der Waals surface area contributed by atoms with Gasteiger partial charge in [-0.2, -0.15) is 0 Å². The Bertz CT molecular complexity index is 1380. The fraction of sp³-hybridized carbons (Fsp3) is 0.160. The first-order valence-corrected chi connectivity index (χ1v) is 10.5. The summed E-state index contributed by atoms with van der Waals surface area (Å²) in [7, 11) is 1.66. The summed E-state index contributed by atoms with van der Waals surface area (Å²) in [5.41, 5.74) is 5.05. The van der Waals surface area contributed by atoms with Crippen molar-refractivity contribution in [2.75, 3.05) is 7.11 Å². The smallest absolute Gasteiger partial charge is 0.220 e. The number of ether oxygens (including phenoxy) is 1. The van der Waals surface area contributed by atoms with Gasteiger partial charge in [0.15, 0.2) is 11.5 Å². The van der Waals surface area contributed by atoms with Crippen molar-refractivity contribution in [2.45, 2.75) is 19.4 Å². The minimum absolute atomic E-state index is 0.0244. The van der Waals surface area contributed by atoms with Crippen molar-refractivity contribution >= 4 is 22.5 Å². The second kappa shape index (κ2) is 8.55. The predicted octanol–water partition coefficient (Wildman–Crippen LogP) is 4.14. The van der Waals surface area contributed by atoms with E-state index in [2.05, 4.69) is 32.6 Å². The third-order valence-electron chi connectivity index (χ3n) is 5.62. The first-order valence-electron chi connectivity index (χ1n) is 10.5. The van der Waals surface area contributed by atoms with Crippen LogP contribution in [0.1, 0.15) is 17.8 Å². The second-order valence-corrected chi connectivity index (χ2v) is 7.57. The van der Waals surface area contributed by atoms with Gasteiger partial charge in [0.25, 0.3) is 0 Å². The van der Waals surface area contributed by atoms with Gasteiger partial charge in [-0.1, -0.05) is 24.3 Å². The Morgan fingerprint density at radius 2 is 1.84 bits per heavy atom. The summed E-state index contributed by atoms with van der Waals surface area (Å²) in [4.78, 5) is 16.2. The van der Waals surface area contributed by atoms with Crippen LogP contribution in [0.4, 0.5) is 0 Å². The van der Waals surface area contributed by atoms with E-state index in [1.165, 1.54) is 0 Å². The quantitative estimate of drug-likeness (QED) is 0.411. The lowest BCUT2D eigenvalue weighted by atomic mass is 10.0. The zero-order valence-electron chi connectivity index (χ0n) is 17.7. The van der Waals surface area contributed by atoms with Crippen LogP contribution in [-0.4, -0.2) is 32.6 Å². The molecule has 0 aliphatic rings. The third kappa shape index (κ3) is 3.80. The molecule has 2 N–H and O–H groups in total. The molecule has 160 valence electrons. The number of rotatable bonds is 7. The van der Waals surface area contributed by atoms with Crippen LogP contribution in [0.5, 0.6) is 5.75 Å². The van der Waals surface area contributed by atoms with Crippen LogP contribution in [-0.2, 0) is 17.8 Å². The number of H-pyrrole nitrogens is 1. The highest BCUT2D eigenvalue weighted by Gasteiger charge is 2.15. The van der Waals surface area contributed by atoms with Crippen molar-refractivity contribution in [3.8, 4) is 17.0 Å². The summed E-state index contributed by atoms with van der Waals surface area (Å²) in [5, 5.41) is 12.4. The van der Waals surface area contributed by atoms with Crippen LogP contribution < -0.4 is 10.1 Å². The molecule has 5 aromatic rings. The van der Waals surface area contributed by atoms with Gasteiger partial charge in [0.05, 0.1) is 13.7 Å². The van der Waals surface area contributed by atoms with E-state index in [1.807, 2.05) is 65.2 Å². The SMILES string of the molecule is COc1ccc(-c2[nH]c3ccccc3c2CCC(=O)NCc2nnc3ccccn23)cc1. The zero-order chi connectivity index (χ0) is 21.9. The molecule has 0 spiro atoms. The van der Waals surface area contributed by atoms with Gasteiger partial charge in [-0.25, -0.2) is 0 Å². The molecule has 0 saturated carbocycles. The van der Waals surface area contributed by atoms with Crippen LogP contribution in [0.2, 0.25) is 0 Å². The topological polar surface area (TPSA) is 84.3 Å². The van der Waals surface area contributed by atoms with E-state index in [-0.39, 0.29) is 5.91 Å². The van der Waals surface area contributed by atoms with E-state index in [0.717, 1.165) is 39.1 Å². The van der Waals surface area contributed by atoms with Gasteiger partial charge >= 0.3 is 0 Å². The number of amides is 1. The Morgan fingerprint density at radius 1 is 1.03 bits per heavy atom. The molecule has 7 heteroatoms. The molecular formula is C25H23N5O2. The highest BCUT2D eigenvalue weighted by atomic mass is 16.5. The van der Waals surface area contributed by atoms with Crippen LogP contribution >= 0.6 is 0 Å². The molecule has 0 unspecified atom stereocenters. The number of hydrogen-bond donors (Lipinski definition) is 2. The average Bonchev–Trinajstić information content (AvgIpc) is 3.43. The Labute approximate surface area is 185 Å². The molecule has 3 aromatic heterocycles. The molecular weight excluding hydrogens is 402 g/mol. The summed E-state index contributed by atoms with van der Waals surface area (Å²) in [6.07, 6.45) is 2.89. The number of fused-ring (bicyclic) bond motifs is 2. The number of nitrogens with zero attached hydrogens (tertiary/aromatic N) is 3. The van der Waals surface area contributed by atoms with Crippen molar-refractivity contribution in [1.29, 1.82) is 0 Å². The number of carbonyl (C=O) groups excluding carboxylic acids is 1. The predicted molar refractivity (Wildman–Crippen MR) is 123 cm³/mol. The molecule has 0 fully saturated rings. The molecule has 0 aliphatic heterocycles. The molecule has 0 aliphatic carbocycles. The van der Waals surface area contributed by atoms with Gasteiger partial charge in [-0.15, -0.1) is 10.2 Å². The first kappa shape index (κ1) is 19.8. The number of para-hydroxylation sites is 1. The molecule has 7 nitrogen and oxygen atoms in total. The highest BCUT2D eigenvalue weighted by Crippen LogP contribution is 2.32. The number of benzene rings is 2. The lowest BCUT2D eigenvalue weighted by molar-refractivity contribution is -0.121. The van der Waals surface area contributed by atoms with E-state index < -0.39 is 0 Å². The Kier molecular flexibility index (Phi) is 5.29. The van der Waals surface area contributed by atoms with Crippen LogP contribution in [0.15, 0.2) is 72.9 Å². The Balaban J connectivity index is 1.33. The summed E-state index contributed by atoms with van der Waals surface area (Å²) >= 11 is 0. The number of carbonyl (C=O) groups is 1. The normalized spacial score (nSPS) is 11.2. The molecule has 32 heavy (non-hydrogen) atoms. The summed E-state index contributed by atoms with van der Waals surface area (Å²) in [6, 6.07) is 21.8. The molecule has 0 bridgehead atoms. The average molecular weight is 425 g/mol. The zero-order valence-corrected chi connectivity index (χ0v) is 17.7. The number of aromatic amines is 1. The Hall–Kier alpha value is -4.13. The van der Waals surface area contributed by atoms with Crippen LogP contribution in [0, 0.1) is 0 Å². The van der Waals surface area contributed by atoms with Crippen molar-refractivity contribution in [3.63, 3.8) is 0 Å². The number of aryl methyl sites for hydroxylation is 1. The van der Waals surface area contributed by atoms with Gasteiger partial charge in [0.1, 0.15) is 5.75 Å². The monoisotopic (exact) mass is 425 g/mol. The van der Waals surface area contributed by atoms with Crippen LogP contribution in [0.3, 0.4) is 0 Å². The number of methoxy groups -OCH3 is 1. The number of nitrogens with one attached hydrogen (secondary N) is 2. The molecule has 3 heterocycles. The van der Waals surface area contributed by atoms with Crippen molar-refractivity contribution in [2.24, 2.45) is 0 Å². The third-order valence-corrected chi connectivity index (χ3v) is 5.62. The van der Waals surface area contributed by atoms with E-state index in [4.69, 9.17) is 4.74 Å². The molecule has 2 aromatic carbocycles. The van der Waals surface area contributed by atoms with E-state index in [1.54, 1.807) is 7.11 Å². The van der Waals surface area contributed by atoms with Crippen LogP contribution in [0.25, 0.3) is 27.8 Å². The first-order chi connectivity index (χ1) is 15.7. The molecule has 1 amide bonds. The molecule has 0 atom stereocenters. The Morgan fingerprint density at radius 3 is 2.69 bits per heavy atom. The van der Waals surface area contributed by atoms with Gasteiger partial charge in [-0.3, -0.25) is 9.20 Å². The summed E-state index contributed by atoms with van der Waals surface area (Å²) < 4.78 is 7.16. The van der Waals surface area contributed by atoms with Gasteiger partial charge in [-0.05, 0) is 60.0 Å². The van der Waals surface area contributed by atoms with Gasteiger partial charge in [0.2, 0.25) is 5.91 Å². The maximum absolute atomic E-state index is 12.6. The minimum atomic E-state index is -0.0244. The van der Waals surface area contributed by atoms with E-state index in [0.29, 0.717) is 25.2 Å². The number of aromatic nitrogens is 4. The second-order valence-electron chi connectivity index (χ2n) is 7.57. The summed E-state index contributed by atoms with van der Waals surface area (Å²) in [6.45, 7) is 0.337. The molecule has 0 radical (unpaired) electrons. The molecule has 0 saturated heterocycles.